The van der Waals surface area contributed by atoms with E-state index in [-0.39, 0.29) is 6.42 Å². The Balaban J connectivity index is 1.19. The van der Waals surface area contributed by atoms with Gasteiger partial charge in [0, 0.05) is 52.2 Å². The molecule has 3 saturated heterocycles. The normalized spacial score (nSPS) is 21.5. The second-order valence-electron chi connectivity index (χ2n) is 11.9. The molecule has 0 aromatic heterocycles. The van der Waals surface area contributed by atoms with Crippen LogP contribution in [-0.4, -0.2) is 79.9 Å². The van der Waals surface area contributed by atoms with Crippen LogP contribution in [0.1, 0.15) is 50.5 Å². The third kappa shape index (κ3) is 6.56. The first-order chi connectivity index (χ1) is 19.8. The Morgan fingerprint density at radius 2 is 1.49 bits per heavy atom. The molecule has 0 radical (unpaired) electrons. The number of piperidine rings is 3. The number of nitrogens with zero attached hydrogens (tertiary/aromatic N) is 3. The summed E-state index contributed by atoms with van der Waals surface area (Å²) < 4.78 is 34.3. The lowest BCUT2D eigenvalue weighted by Crippen LogP contribution is -2.57. The number of methoxy groups -OCH3 is 1. The molecule has 9 nitrogen and oxygen atoms in total. The van der Waals surface area contributed by atoms with Crippen molar-refractivity contribution in [2.24, 2.45) is 11.8 Å². The Morgan fingerprint density at radius 1 is 0.902 bits per heavy atom. The van der Waals surface area contributed by atoms with Crippen LogP contribution in [0.5, 0.6) is 5.75 Å². The van der Waals surface area contributed by atoms with Crippen LogP contribution in [-0.2, 0) is 21.4 Å². The number of para-hydroxylation sites is 2. The van der Waals surface area contributed by atoms with Crippen LogP contribution in [0.3, 0.4) is 0 Å². The van der Waals surface area contributed by atoms with Gasteiger partial charge in [0.1, 0.15) is 5.75 Å². The van der Waals surface area contributed by atoms with Crippen molar-refractivity contribution in [2.45, 2.75) is 56.2 Å². The number of hydrogen-bond donors (Lipinski definition) is 2. The number of carbonyl (C=O) groups is 1. The van der Waals surface area contributed by atoms with Gasteiger partial charge in [-0.2, -0.15) is 0 Å². The molecule has 41 heavy (non-hydrogen) atoms. The molecule has 0 spiro atoms. The molecule has 0 saturated carbocycles. The van der Waals surface area contributed by atoms with Crippen LogP contribution >= 0.6 is 0 Å². The average Bonchev–Trinajstić information content (AvgIpc) is 3.02. The highest BCUT2D eigenvalue weighted by Crippen LogP contribution is 2.41. The van der Waals surface area contributed by atoms with Gasteiger partial charge in [-0.15, -0.1) is 0 Å². The van der Waals surface area contributed by atoms with Gasteiger partial charge in [-0.05, 0) is 68.1 Å². The minimum absolute atomic E-state index is 0.216. The SMILES string of the molecule is COc1ccccc1N1CCC(C2CCN(S(=O)(=O)C3(CC(=O)NO)CCN(Cc4ccccc4)CC3)CC2)CC1. The highest BCUT2D eigenvalue weighted by molar-refractivity contribution is 7.90. The Morgan fingerprint density at radius 3 is 2.10 bits per heavy atom. The van der Waals surface area contributed by atoms with Gasteiger partial charge in [0.2, 0.25) is 15.9 Å². The summed E-state index contributed by atoms with van der Waals surface area (Å²) in [4.78, 5) is 17.0. The first-order valence-electron chi connectivity index (χ1n) is 14.9. The zero-order valence-electron chi connectivity index (χ0n) is 24.1. The molecule has 2 N–H and O–H groups in total. The summed E-state index contributed by atoms with van der Waals surface area (Å²) in [6.07, 6.45) is 4.41. The molecule has 1 amide bonds. The van der Waals surface area contributed by atoms with Crippen LogP contribution < -0.4 is 15.1 Å². The number of anilines is 1. The van der Waals surface area contributed by atoms with Crippen LogP contribution in [0.25, 0.3) is 0 Å². The highest BCUT2D eigenvalue weighted by atomic mass is 32.2. The minimum atomic E-state index is -3.74. The molecule has 0 bridgehead atoms. The predicted octanol–water partition coefficient (Wildman–Crippen LogP) is 3.88. The number of hydrogen-bond acceptors (Lipinski definition) is 7. The molecule has 3 heterocycles. The molecule has 2 aromatic rings. The quantitative estimate of drug-likeness (QED) is 0.341. The first kappa shape index (κ1) is 29.8. The van der Waals surface area contributed by atoms with E-state index < -0.39 is 20.7 Å². The molecular weight excluding hydrogens is 540 g/mol. The molecule has 0 unspecified atom stereocenters. The van der Waals surface area contributed by atoms with Gasteiger partial charge >= 0.3 is 0 Å². The fraction of sp³-hybridized carbons (Fsp3) is 0.581. The van der Waals surface area contributed by atoms with E-state index in [9.17, 15) is 18.4 Å². The molecule has 5 rings (SSSR count). The monoisotopic (exact) mass is 584 g/mol. The Bertz CT molecular complexity index is 1250. The molecule has 0 aliphatic carbocycles. The lowest BCUT2D eigenvalue weighted by Gasteiger charge is -2.45. The Hall–Kier alpha value is -2.66. The van der Waals surface area contributed by atoms with Crippen molar-refractivity contribution in [3.8, 4) is 5.75 Å². The topological polar surface area (TPSA) is 102 Å². The Labute approximate surface area is 244 Å². The molecular formula is C31H44N4O5S. The fourth-order valence-corrected chi connectivity index (χ4v) is 9.43. The van der Waals surface area contributed by atoms with Crippen LogP contribution in [0.2, 0.25) is 0 Å². The van der Waals surface area contributed by atoms with E-state index in [4.69, 9.17) is 4.74 Å². The third-order valence-electron chi connectivity index (χ3n) is 9.64. The van der Waals surface area contributed by atoms with Gasteiger partial charge in [0.25, 0.3) is 0 Å². The van der Waals surface area contributed by atoms with E-state index in [1.54, 1.807) is 16.9 Å². The van der Waals surface area contributed by atoms with Crippen LogP contribution in [0.4, 0.5) is 5.69 Å². The van der Waals surface area contributed by atoms with E-state index in [1.165, 1.54) is 5.56 Å². The minimum Gasteiger partial charge on any atom is -0.495 e. The van der Waals surface area contributed by atoms with Gasteiger partial charge in [-0.3, -0.25) is 14.9 Å². The number of hydroxylamine groups is 1. The van der Waals surface area contributed by atoms with E-state index in [0.717, 1.165) is 56.8 Å². The molecule has 3 fully saturated rings. The predicted molar refractivity (Wildman–Crippen MR) is 159 cm³/mol. The molecule has 3 aliphatic heterocycles. The van der Waals surface area contributed by atoms with Crippen molar-refractivity contribution >= 4 is 21.6 Å². The van der Waals surface area contributed by atoms with Crippen LogP contribution in [0, 0.1) is 11.8 Å². The molecule has 3 aliphatic rings. The zero-order valence-corrected chi connectivity index (χ0v) is 24.9. The second-order valence-corrected chi connectivity index (χ2v) is 14.2. The zero-order chi connectivity index (χ0) is 28.9. The average molecular weight is 585 g/mol. The summed E-state index contributed by atoms with van der Waals surface area (Å²) in [6.45, 7) is 4.88. The fourth-order valence-electron chi connectivity index (χ4n) is 7.18. The van der Waals surface area contributed by atoms with Gasteiger partial charge < -0.3 is 9.64 Å². The Kier molecular flexibility index (Phi) is 9.53. The number of rotatable bonds is 9. The smallest absolute Gasteiger partial charge is 0.244 e. The van der Waals surface area contributed by atoms with Crippen LogP contribution in [0.15, 0.2) is 54.6 Å². The number of amides is 1. The number of ether oxygens (including phenoxy) is 1. The maximum Gasteiger partial charge on any atom is 0.244 e. The number of carbonyl (C=O) groups excluding carboxylic acids is 1. The molecule has 2 aromatic carbocycles. The molecule has 224 valence electrons. The van der Waals surface area contributed by atoms with E-state index in [2.05, 4.69) is 28.0 Å². The van der Waals surface area contributed by atoms with Gasteiger partial charge in [0.15, 0.2) is 0 Å². The van der Waals surface area contributed by atoms with Crippen molar-refractivity contribution in [1.29, 1.82) is 0 Å². The summed E-state index contributed by atoms with van der Waals surface area (Å²) in [6, 6.07) is 18.3. The lowest BCUT2D eigenvalue weighted by molar-refractivity contribution is -0.130. The largest absolute Gasteiger partial charge is 0.495 e. The van der Waals surface area contributed by atoms with E-state index in [1.807, 2.05) is 36.4 Å². The van der Waals surface area contributed by atoms with Crippen molar-refractivity contribution in [3.63, 3.8) is 0 Å². The molecule has 10 heteroatoms. The number of nitrogens with one attached hydrogen (secondary N) is 1. The number of likely N-dealkylation sites (tertiary alicyclic amines) is 1. The van der Waals surface area contributed by atoms with Gasteiger partial charge in [-0.1, -0.05) is 42.5 Å². The summed E-state index contributed by atoms with van der Waals surface area (Å²) in [5.41, 5.74) is 4.02. The first-order valence-corrected chi connectivity index (χ1v) is 16.4. The maximum atomic E-state index is 14.1. The summed E-state index contributed by atoms with van der Waals surface area (Å²) >= 11 is 0. The number of sulfonamides is 1. The van der Waals surface area contributed by atoms with E-state index >= 15 is 0 Å². The maximum absolute atomic E-state index is 14.1. The van der Waals surface area contributed by atoms with Crippen molar-refractivity contribution in [2.75, 3.05) is 51.3 Å². The van der Waals surface area contributed by atoms with Crippen molar-refractivity contribution in [3.05, 3.63) is 60.2 Å². The van der Waals surface area contributed by atoms with Crippen molar-refractivity contribution in [1.82, 2.24) is 14.7 Å². The summed E-state index contributed by atoms with van der Waals surface area (Å²) in [7, 11) is -2.03. The summed E-state index contributed by atoms with van der Waals surface area (Å²) in [5.74, 6) is 1.35. The van der Waals surface area contributed by atoms with E-state index in [0.29, 0.717) is 50.9 Å². The van der Waals surface area contributed by atoms with Crippen molar-refractivity contribution < 1.29 is 23.2 Å². The number of benzene rings is 2. The standard InChI is InChI=1S/C31H44N4O5S/c1-40-29-10-6-5-9-28(29)34-17-11-26(12-18-34)27-13-19-35(20-14-27)41(38,39)31(23-30(36)32-37)15-21-33(22-16-31)24-25-7-3-2-4-8-25/h2-10,26-27,37H,11-24H2,1H3,(H,32,36). The third-order valence-corrected chi connectivity index (χ3v) is 12.3. The highest BCUT2D eigenvalue weighted by Gasteiger charge is 2.51. The van der Waals surface area contributed by atoms with Gasteiger partial charge in [0.05, 0.1) is 17.5 Å². The summed E-state index contributed by atoms with van der Waals surface area (Å²) in [5, 5.41) is 9.27. The second kappa shape index (κ2) is 13.1. The lowest BCUT2D eigenvalue weighted by atomic mass is 9.79. The van der Waals surface area contributed by atoms with Gasteiger partial charge in [-0.25, -0.2) is 18.2 Å². The molecule has 0 atom stereocenters.